The lowest BCUT2D eigenvalue weighted by Gasteiger charge is -2.19. The van der Waals surface area contributed by atoms with Gasteiger partial charge in [-0.2, -0.15) is 0 Å². The lowest BCUT2D eigenvalue weighted by atomic mass is 9.96. The van der Waals surface area contributed by atoms with Crippen molar-refractivity contribution in [1.29, 1.82) is 0 Å². The van der Waals surface area contributed by atoms with Crippen LogP contribution in [0.3, 0.4) is 0 Å². The van der Waals surface area contributed by atoms with Gasteiger partial charge in [-0.1, -0.05) is 12.1 Å². The predicted molar refractivity (Wildman–Crippen MR) is 69.3 cm³/mol. The number of hydrogen-bond acceptors (Lipinski definition) is 3. The Hall–Kier alpha value is -1.78. The molecule has 0 radical (unpaired) electrons. The van der Waals surface area contributed by atoms with Crippen LogP contribution in [0.2, 0.25) is 0 Å². The minimum atomic E-state index is -0.246. The van der Waals surface area contributed by atoms with Crippen LogP contribution in [0.5, 0.6) is 0 Å². The van der Waals surface area contributed by atoms with Gasteiger partial charge < -0.3 is 0 Å². The smallest absolute Gasteiger partial charge is 0.123 e. The van der Waals surface area contributed by atoms with E-state index in [0.29, 0.717) is 0 Å². The van der Waals surface area contributed by atoms with Crippen molar-refractivity contribution < 1.29 is 4.39 Å². The Kier molecular flexibility index (Phi) is 3.69. The fourth-order valence-corrected chi connectivity index (χ4v) is 2.08. The Balaban J connectivity index is 2.49. The Bertz CT molecular complexity index is 554. The summed E-state index contributed by atoms with van der Waals surface area (Å²) in [6.07, 6.45) is 1.73. The molecule has 0 amide bonds. The maximum Gasteiger partial charge on any atom is 0.123 e. The summed E-state index contributed by atoms with van der Waals surface area (Å²) >= 11 is 0. The molecule has 0 spiro atoms. The molecule has 0 saturated heterocycles. The van der Waals surface area contributed by atoms with Crippen molar-refractivity contribution in [1.82, 2.24) is 10.4 Å². The zero-order chi connectivity index (χ0) is 13.1. The first kappa shape index (κ1) is 12.7. The molecule has 1 unspecified atom stereocenters. The normalized spacial score (nSPS) is 12.4. The molecule has 3 N–H and O–H groups in total. The van der Waals surface area contributed by atoms with E-state index in [2.05, 4.69) is 10.4 Å². The highest BCUT2D eigenvalue weighted by Crippen LogP contribution is 2.25. The van der Waals surface area contributed by atoms with Crippen molar-refractivity contribution in [3.63, 3.8) is 0 Å². The third kappa shape index (κ3) is 2.39. The van der Waals surface area contributed by atoms with Gasteiger partial charge in [-0.3, -0.25) is 10.8 Å². The molecule has 0 saturated carbocycles. The van der Waals surface area contributed by atoms with Gasteiger partial charge in [0.1, 0.15) is 5.82 Å². The van der Waals surface area contributed by atoms with Crippen LogP contribution in [-0.4, -0.2) is 4.98 Å². The molecule has 2 rings (SSSR count). The summed E-state index contributed by atoms with van der Waals surface area (Å²) in [4.78, 5) is 4.35. The third-order valence-electron chi connectivity index (χ3n) is 3.03. The van der Waals surface area contributed by atoms with Gasteiger partial charge >= 0.3 is 0 Å². The van der Waals surface area contributed by atoms with Crippen LogP contribution >= 0.6 is 0 Å². The van der Waals surface area contributed by atoms with Gasteiger partial charge in [0.2, 0.25) is 0 Å². The largest absolute Gasteiger partial charge is 0.271 e. The molecule has 0 fully saturated rings. The quantitative estimate of drug-likeness (QED) is 0.645. The molecule has 1 aromatic heterocycles. The summed E-state index contributed by atoms with van der Waals surface area (Å²) in [7, 11) is 0. The monoisotopic (exact) mass is 245 g/mol. The lowest BCUT2D eigenvalue weighted by molar-refractivity contribution is 0.602. The number of nitrogens with zero attached hydrogens (tertiary/aromatic N) is 1. The van der Waals surface area contributed by atoms with Gasteiger partial charge in [-0.05, 0) is 48.7 Å². The summed E-state index contributed by atoms with van der Waals surface area (Å²) in [5.74, 6) is 5.38. The van der Waals surface area contributed by atoms with Gasteiger partial charge in [0.25, 0.3) is 0 Å². The molecule has 0 bridgehead atoms. The summed E-state index contributed by atoms with van der Waals surface area (Å²) in [5, 5.41) is 0. The van der Waals surface area contributed by atoms with Crippen molar-refractivity contribution >= 4 is 0 Å². The van der Waals surface area contributed by atoms with E-state index in [1.165, 1.54) is 12.1 Å². The van der Waals surface area contributed by atoms with Gasteiger partial charge in [0.05, 0.1) is 11.7 Å². The van der Waals surface area contributed by atoms with E-state index in [-0.39, 0.29) is 11.9 Å². The highest BCUT2D eigenvalue weighted by atomic mass is 19.1. The number of aryl methyl sites for hydroxylation is 2. The molecule has 2 aromatic rings. The highest BCUT2D eigenvalue weighted by Gasteiger charge is 2.17. The molecule has 94 valence electrons. The number of hydrazine groups is 1. The third-order valence-corrected chi connectivity index (χ3v) is 3.03. The van der Waals surface area contributed by atoms with Crippen molar-refractivity contribution in [2.24, 2.45) is 5.84 Å². The second-order valence-corrected chi connectivity index (χ2v) is 4.31. The molecule has 3 nitrogen and oxygen atoms in total. The number of benzene rings is 1. The van der Waals surface area contributed by atoms with Gasteiger partial charge in [-0.15, -0.1) is 0 Å². The second kappa shape index (κ2) is 5.25. The minimum Gasteiger partial charge on any atom is -0.271 e. The average molecular weight is 245 g/mol. The van der Waals surface area contributed by atoms with Crippen molar-refractivity contribution in [2.75, 3.05) is 0 Å². The molecule has 4 heteroatoms. The first-order valence-electron chi connectivity index (χ1n) is 5.77. The van der Waals surface area contributed by atoms with Crippen LogP contribution in [0.25, 0.3) is 0 Å². The molecule has 1 aromatic carbocycles. The Morgan fingerprint density at radius 2 is 2.00 bits per heavy atom. The van der Waals surface area contributed by atoms with E-state index >= 15 is 0 Å². The SMILES string of the molecule is Cc1cc(F)ccc1C(NN)c1ncccc1C. The second-order valence-electron chi connectivity index (χ2n) is 4.31. The first-order valence-corrected chi connectivity index (χ1v) is 5.77. The number of pyridine rings is 1. The number of hydrogen-bond donors (Lipinski definition) is 2. The molecule has 0 aliphatic carbocycles. The van der Waals surface area contributed by atoms with E-state index in [4.69, 9.17) is 5.84 Å². The van der Waals surface area contributed by atoms with E-state index in [0.717, 1.165) is 22.4 Å². The van der Waals surface area contributed by atoms with Crippen molar-refractivity contribution in [2.45, 2.75) is 19.9 Å². The summed E-state index contributed by atoms with van der Waals surface area (Å²) < 4.78 is 13.1. The summed E-state index contributed by atoms with van der Waals surface area (Å²) in [5.41, 5.74) is 6.43. The zero-order valence-corrected chi connectivity index (χ0v) is 10.4. The van der Waals surface area contributed by atoms with E-state index < -0.39 is 0 Å². The lowest BCUT2D eigenvalue weighted by Crippen LogP contribution is -2.30. The van der Waals surface area contributed by atoms with Crippen LogP contribution in [0.1, 0.15) is 28.4 Å². The average Bonchev–Trinajstić information content (AvgIpc) is 2.34. The minimum absolute atomic E-state index is 0.230. The topological polar surface area (TPSA) is 50.9 Å². The number of nitrogens with one attached hydrogen (secondary N) is 1. The number of nitrogens with two attached hydrogens (primary N) is 1. The Morgan fingerprint density at radius 3 is 2.61 bits per heavy atom. The molecular formula is C14H16FN3. The molecular weight excluding hydrogens is 229 g/mol. The number of rotatable bonds is 3. The number of aromatic nitrogens is 1. The highest BCUT2D eigenvalue weighted by molar-refractivity contribution is 5.37. The van der Waals surface area contributed by atoms with Crippen LogP contribution in [0.15, 0.2) is 36.5 Å². The molecule has 18 heavy (non-hydrogen) atoms. The van der Waals surface area contributed by atoms with Crippen LogP contribution in [0.4, 0.5) is 4.39 Å². The summed E-state index contributed by atoms with van der Waals surface area (Å²) in [6.45, 7) is 3.84. The Labute approximate surface area is 106 Å². The van der Waals surface area contributed by atoms with Crippen LogP contribution < -0.4 is 11.3 Å². The molecule has 1 atom stereocenters. The predicted octanol–water partition coefficient (Wildman–Crippen LogP) is 2.39. The Morgan fingerprint density at radius 1 is 1.22 bits per heavy atom. The fourth-order valence-electron chi connectivity index (χ4n) is 2.08. The zero-order valence-electron chi connectivity index (χ0n) is 10.4. The molecule has 0 aliphatic heterocycles. The van der Waals surface area contributed by atoms with E-state index in [1.54, 1.807) is 12.3 Å². The van der Waals surface area contributed by atoms with Gasteiger partial charge in [0, 0.05) is 6.20 Å². The van der Waals surface area contributed by atoms with Gasteiger partial charge in [-0.25, -0.2) is 9.82 Å². The molecule has 0 aliphatic rings. The maximum absolute atomic E-state index is 13.1. The maximum atomic E-state index is 13.1. The van der Waals surface area contributed by atoms with Crippen molar-refractivity contribution in [3.05, 3.63) is 64.7 Å². The van der Waals surface area contributed by atoms with Crippen LogP contribution in [0, 0.1) is 19.7 Å². The van der Waals surface area contributed by atoms with Gasteiger partial charge in [0.15, 0.2) is 0 Å². The molecule has 1 heterocycles. The van der Waals surface area contributed by atoms with Crippen LogP contribution in [-0.2, 0) is 0 Å². The fraction of sp³-hybridized carbons (Fsp3) is 0.214. The van der Waals surface area contributed by atoms with E-state index in [9.17, 15) is 4.39 Å². The standard InChI is InChI=1S/C14H16FN3/c1-9-4-3-7-17-13(9)14(18-16)12-6-5-11(15)8-10(12)2/h3-8,14,18H,16H2,1-2H3. The first-order chi connectivity index (χ1) is 8.63. The summed E-state index contributed by atoms with van der Waals surface area (Å²) in [6, 6.07) is 8.30. The van der Waals surface area contributed by atoms with Crippen molar-refractivity contribution in [3.8, 4) is 0 Å². The van der Waals surface area contributed by atoms with E-state index in [1.807, 2.05) is 26.0 Å². The number of halogens is 1.